The number of aryl methyl sites for hydroxylation is 1. The van der Waals surface area contributed by atoms with Crippen LogP contribution in [0.25, 0.3) is 0 Å². The maximum atomic E-state index is 12.7. The normalized spacial score (nSPS) is 17.7. The minimum Gasteiger partial charge on any atom is -0.207 e. The summed E-state index contributed by atoms with van der Waals surface area (Å²) in [6.45, 7) is 3.29. The van der Waals surface area contributed by atoms with E-state index in [0.717, 1.165) is 24.8 Å². The van der Waals surface area contributed by atoms with Crippen molar-refractivity contribution in [1.82, 2.24) is 4.31 Å². The van der Waals surface area contributed by atoms with Crippen molar-refractivity contribution in [3.63, 3.8) is 0 Å². The van der Waals surface area contributed by atoms with Crippen LogP contribution in [-0.4, -0.2) is 25.8 Å². The molecule has 3 nitrogen and oxygen atoms in total. The molecule has 0 bridgehead atoms. The molecule has 1 aliphatic rings. The van der Waals surface area contributed by atoms with Gasteiger partial charge in [-0.25, -0.2) is 8.42 Å². The highest BCUT2D eigenvalue weighted by atomic mass is 32.2. The van der Waals surface area contributed by atoms with Crippen LogP contribution in [0.4, 0.5) is 0 Å². The van der Waals surface area contributed by atoms with Gasteiger partial charge in [-0.2, -0.15) is 4.31 Å². The van der Waals surface area contributed by atoms with Crippen LogP contribution in [0.2, 0.25) is 0 Å². The van der Waals surface area contributed by atoms with E-state index in [1.54, 1.807) is 27.8 Å². The first-order valence-electron chi connectivity index (χ1n) is 7.73. The third kappa shape index (κ3) is 3.12. The average Bonchev–Trinajstić information content (AvgIpc) is 3.09. The lowest BCUT2D eigenvalue weighted by molar-refractivity contribution is 0.321. The minimum atomic E-state index is -3.34. The Kier molecular flexibility index (Phi) is 4.66. The highest BCUT2D eigenvalue weighted by Crippen LogP contribution is 2.33. The second-order valence-electron chi connectivity index (χ2n) is 5.69. The molecule has 1 aromatic heterocycles. The third-order valence-corrected chi connectivity index (χ3v) is 7.32. The average molecular weight is 335 g/mol. The Labute approximate surface area is 136 Å². The lowest BCUT2D eigenvalue weighted by Crippen LogP contribution is -2.37. The summed E-state index contributed by atoms with van der Waals surface area (Å²) in [6, 6.07) is 11.5. The zero-order valence-corrected chi connectivity index (χ0v) is 14.4. The molecule has 0 radical (unpaired) electrons. The Morgan fingerprint density at radius 3 is 2.36 bits per heavy atom. The van der Waals surface area contributed by atoms with Gasteiger partial charge in [0, 0.05) is 18.0 Å². The molecule has 118 valence electrons. The number of sulfonamides is 1. The van der Waals surface area contributed by atoms with E-state index in [2.05, 4.69) is 24.4 Å². The molecule has 0 aliphatic carbocycles. The summed E-state index contributed by atoms with van der Waals surface area (Å²) >= 11 is 1.77. The summed E-state index contributed by atoms with van der Waals surface area (Å²) in [6.07, 6.45) is 2.74. The van der Waals surface area contributed by atoms with Crippen LogP contribution in [0.5, 0.6) is 0 Å². The predicted octanol–water partition coefficient (Wildman–Crippen LogP) is 3.88. The summed E-state index contributed by atoms with van der Waals surface area (Å²) < 4.78 is 27.1. The van der Waals surface area contributed by atoms with Crippen molar-refractivity contribution < 1.29 is 8.42 Å². The van der Waals surface area contributed by atoms with E-state index < -0.39 is 10.0 Å². The predicted molar refractivity (Wildman–Crippen MR) is 90.9 cm³/mol. The number of nitrogens with zero attached hydrogens (tertiary/aromatic N) is 1. The van der Waals surface area contributed by atoms with Crippen molar-refractivity contribution in [2.45, 2.75) is 37.0 Å². The first-order chi connectivity index (χ1) is 10.6. The number of piperidine rings is 1. The van der Waals surface area contributed by atoms with Crippen LogP contribution in [-0.2, 0) is 16.4 Å². The molecule has 22 heavy (non-hydrogen) atoms. The molecule has 0 saturated carbocycles. The van der Waals surface area contributed by atoms with Gasteiger partial charge in [0.2, 0.25) is 10.0 Å². The number of hydrogen-bond donors (Lipinski definition) is 0. The van der Waals surface area contributed by atoms with Crippen molar-refractivity contribution in [2.24, 2.45) is 0 Å². The summed E-state index contributed by atoms with van der Waals surface area (Å²) in [5.41, 5.74) is 1.16. The van der Waals surface area contributed by atoms with Crippen LogP contribution >= 0.6 is 11.3 Å². The van der Waals surface area contributed by atoms with E-state index in [1.165, 1.54) is 4.88 Å². The first-order valence-corrected chi connectivity index (χ1v) is 10.1. The maximum Gasteiger partial charge on any atom is 0.243 e. The second-order valence-corrected chi connectivity index (χ2v) is 8.61. The SMILES string of the molecule is CCc1ccc(S(=O)(=O)N2CCC(c3cccs3)CC2)cc1. The molecule has 2 aromatic rings. The molecule has 0 atom stereocenters. The highest BCUT2D eigenvalue weighted by molar-refractivity contribution is 7.89. The Hall–Kier alpha value is -1.17. The fourth-order valence-corrected chi connectivity index (χ4v) is 5.32. The van der Waals surface area contributed by atoms with Crippen molar-refractivity contribution in [1.29, 1.82) is 0 Å². The Morgan fingerprint density at radius 2 is 1.82 bits per heavy atom. The molecule has 1 fully saturated rings. The molecule has 0 amide bonds. The maximum absolute atomic E-state index is 12.7. The van der Waals surface area contributed by atoms with E-state index in [-0.39, 0.29) is 0 Å². The standard InChI is InChI=1S/C17H21NO2S2/c1-2-14-5-7-16(8-6-14)22(19,20)18-11-9-15(10-12-18)17-4-3-13-21-17/h3-8,13,15H,2,9-12H2,1H3. The molecule has 2 heterocycles. The molecular formula is C17H21NO2S2. The minimum absolute atomic E-state index is 0.416. The third-order valence-electron chi connectivity index (χ3n) is 4.37. The summed E-state index contributed by atoms with van der Waals surface area (Å²) in [5, 5.41) is 2.09. The smallest absolute Gasteiger partial charge is 0.207 e. The zero-order chi connectivity index (χ0) is 15.6. The largest absolute Gasteiger partial charge is 0.243 e. The fraction of sp³-hybridized carbons (Fsp3) is 0.412. The van der Waals surface area contributed by atoms with Gasteiger partial charge in [0.25, 0.3) is 0 Å². The molecule has 5 heteroatoms. The molecule has 0 N–H and O–H groups in total. The Balaban J connectivity index is 1.71. The number of hydrogen-bond acceptors (Lipinski definition) is 3. The lowest BCUT2D eigenvalue weighted by Gasteiger charge is -2.30. The molecule has 3 rings (SSSR count). The van der Waals surface area contributed by atoms with Gasteiger partial charge in [0.05, 0.1) is 4.90 Å². The van der Waals surface area contributed by atoms with Crippen LogP contribution in [0.1, 0.15) is 36.1 Å². The fourth-order valence-electron chi connectivity index (χ4n) is 2.95. The van der Waals surface area contributed by atoms with Crippen molar-refractivity contribution in [3.8, 4) is 0 Å². The van der Waals surface area contributed by atoms with Crippen molar-refractivity contribution >= 4 is 21.4 Å². The van der Waals surface area contributed by atoms with Gasteiger partial charge in [-0.15, -0.1) is 11.3 Å². The number of rotatable bonds is 4. The Bertz CT molecular complexity index is 698. The summed E-state index contributed by atoms with van der Waals surface area (Å²) in [7, 11) is -3.34. The van der Waals surface area contributed by atoms with Gasteiger partial charge in [0.15, 0.2) is 0 Å². The second kappa shape index (κ2) is 6.52. The van der Waals surface area contributed by atoms with Gasteiger partial charge >= 0.3 is 0 Å². The molecule has 1 saturated heterocycles. The number of thiophene rings is 1. The number of benzene rings is 1. The highest BCUT2D eigenvalue weighted by Gasteiger charge is 2.30. The summed E-state index contributed by atoms with van der Waals surface area (Å²) in [4.78, 5) is 1.80. The molecule has 0 unspecified atom stereocenters. The van der Waals surface area contributed by atoms with Gasteiger partial charge in [0.1, 0.15) is 0 Å². The van der Waals surface area contributed by atoms with Crippen molar-refractivity contribution in [2.75, 3.05) is 13.1 Å². The Morgan fingerprint density at radius 1 is 1.14 bits per heavy atom. The van der Waals surface area contributed by atoms with Crippen molar-refractivity contribution in [3.05, 3.63) is 52.2 Å². The summed E-state index contributed by atoms with van der Waals surface area (Å²) in [5.74, 6) is 0.508. The monoisotopic (exact) mass is 335 g/mol. The first kappa shape index (κ1) is 15.7. The zero-order valence-electron chi connectivity index (χ0n) is 12.7. The van der Waals surface area contributed by atoms with Crippen LogP contribution in [0.3, 0.4) is 0 Å². The molecule has 1 aliphatic heterocycles. The van der Waals surface area contributed by atoms with Crippen LogP contribution in [0.15, 0.2) is 46.7 Å². The topological polar surface area (TPSA) is 37.4 Å². The van der Waals surface area contributed by atoms with Gasteiger partial charge in [-0.05, 0) is 54.3 Å². The molecule has 0 spiro atoms. The lowest BCUT2D eigenvalue weighted by atomic mass is 9.97. The van der Waals surface area contributed by atoms with E-state index >= 15 is 0 Å². The van der Waals surface area contributed by atoms with E-state index in [0.29, 0.717) is 23.9 Å². The van der Waals surface area contributed by atoms with Gasteiger partial charge in [-0.3, -0.25) is 0 Å². The molecular weight excluding hydrogens is 314 g/mol. The van der Waals surface area contributed by atoms with Gasteiger partial charge in [-0.1, -0.05) is 25.1 Å². The molecule has 1 aromatic carbocycles. The quantitative estimate of drug-likeness (QED) is 0.850. The van der Waals surface area contributed by atoms with Crippen LogP contribution < -0.4 is 0 Å². The van der Waals surface area contributed by atoms with Gasteiger partial charge < -0.3 is 0 Å². The van der Waals surface area contributed by atoms with E-state index in [4.69, 9.17) is 0 Å². The van der Waals surface area contributed by atoms with E-state index in [9.17, 15) is 8.42 Å². The van der Waals surface area contributed by atoms with E-state index in [1.807, 2.05) is 12.1 Å². The van der Waals surface area contributed by atoms with Crippen LogP contribution in [0, 0.1) is 0 Å².